The van der Waals surface area contributed by atoms with Crippen molar-refractivity contribution in [2.24, 2.45) is 5.10 Å². The van der Waals surface area contributed by atoms with Crippen LogP contribution in [-0.2, 0) is 21.7 Å². The first kappa shape index (κ1) is 14.8. The van der Waals surface area contributed by atoms with E-state index in [0.29, 0.717) is 0 Å². The van der Waals surface area contributed by atoms with E-state index in [0.717, 1.165) is 5.31 Å². The molecule has 0 saturated heterocycles. The predicted molar refractivity (Wildman–Crippen MR) is 92.4 cm³/mol. The molecule has 0 aromatic heterocycles. The van der Waals surface area contributed by atoms with Gasteiger partial charge in [-0.15, -0.1) is 0 Å². The molecule has 1 aromatic carbocycles. The van der Waals surface area contributed by atoms with Gasteiger partial charge in [0.15, 0.2) is 0 Å². The summed E-state index contributed by atoms with van der Waals surface area (Å²) >= 11 is 5.82. The van der Waals surface area contributed by atoms with Gasteiger partial charge in [-0.3, -0.25) is 0 Å². The van der Waals surface area contributed by atoms with Crippen LogP contribution in [0.2, 0.25) is 0 Å². The average Bonchev–Trinajstić information content (AvgIpc) is 2.86. The lowest BCUT2D eigenvalue weighted by Gasteiger charge is -2.30. The third-order valence-electron chi connectivity index (χ3n) is 4.39. The van der Waals surface area contributed by atoms with E-state index in [-0.39, 0.29) is 5.41 Å². The quantitative estimate of drug-likeness (QED) is 0.740. The Labute approximate surface area is 131 Å². The zero-order valence-electron chi connectivity index (χ0n) is 13.0. The van der Waals surface area contributed by atoms with E-state index in [2.05, 4.69) is 55.2 Å². The van der Waals surface area contributed by atoms with Crippen molar-refractivity contribution < 1.29 is 4.52 Å². The minimum absolute atomic E-state index is 0.111. The second-order valence-corrected chi connectivity index (χ2v) is 9.82. The van der Waals surface area contributed by atoms with Crippen LogP contribution in [0.3, 0.4) is 0 Å². The Morgan fingerprint density at radius 2 is 1.90 bits per heavy atom. The maximum absolute atomic E-state index is 5.82. The topological polar surface area (TPSA) is 28.1 Å². The third-order valence-corrected chi connectivity index (χ3v) is 8.43. The smallest absolute Gasteiger partial charge is 0.204 e. The second-order valence-electron chi connectivity index (χ2n) is 5.87. The highest BCUT2D eigenvalue weighted by Crippen LogP contribution is 2.64. The number of nitrogens with zero attached hydrogens (tertiary/aromatic N) is 3. The molecule has 0 unspecified atom stereocenters. The van der Waals surface area contributed by atoms with E-state index in [1.807, 2.05) is 13.3 Å². The molecule has 112 valence electrons. The van der Waals surface area contributed by atoms with Crippen LogP contribution in [0.5, 0.6) is 0 Å². The van der Waals surface area contributed by atoms with Gasteiger partial charge in [0, 0.05) is 38.0 Å². The lowest BCUT2D eigenvalue weighted by Crippen LogP contribution is -2.25. The van der Waals surface area contributed by atoms with Crippen molar-refractivity contribution in [1.82, 2.24) is 4.78 Å². The largest absolute Gasteiger partial charge is 0.346 e. The van der Waals surface area contributed by atoms with Crippen LogP contribution in [0, 0.1) is 0 Å². The summed E-state index contributed by atoms with van der Waals surface area (Å²) in [6, 6.07) is 8.49. The summed E-state index contributed by atoms with van der Waals surface area (Å²) in [5, 5.41) is 5.44. The Morgan fingerprint density at radius 1 is 1.24 bits per heavy atom. The van der Waals surface area contributed by atoms with Gasteiger partial charge in [0.1, 0.15) is 0 Å². The van der Waals surface area contributed by atoms with Crippen LogP contribution in [0.25, 0.3) is 0 Å². The van der Waals surface area contributed by atoms with Crippen molar-refractivity contribution in [1.29, 1.82) is 0 Å². The highest BCUT2D eigenvalue weighted by molar-refractivity contribution is 8.13. The molecular weight excluding hydrogens is 301 g/mol. The summed E-state index contributed by atoms with van der Waals surface area (Å²) in [4.78, 5) is 2.23. The average molecular weight is 321 g/mol. The number of hydrogen-bond donors (Lipinski definition) is 0. The molecule has 2 aliphatic heterocycles. The molecule has 0 radical (unpaired) electrons. The summed E-state index contributed by atoms with van der Waals surface area (Å²) in [5.74, 6) is 0. The molecule has 0 aliphatic carbocycles. The van der Waals surface area contributed by atoms with Crippen molar-refractivity contribution in [2.75, 3.05) is 26.1 Å². The number of rotatable bonds is 1. The van der Waals surface area contributed by atoms with Gasteiger partial charge in [-0.1, -0.05) is 32.0 Å². The number of fused-ring (bicyclic) bond motifs is 1. The van der Waals surface area contributed by atoms with Gasteiger partial charge in [-0.25, -0.2) is 4.78 Å². The van der Waals surface area contributed by atoms with Gasteiger partial charge in [0.2, 0.25) is 6.42 Å². The van der Waals surface area contributed by atoms with E-state index >= 15 is 0 Å². The minimum atomic E-state index is -2.26. The number of anilines is 1. The number of likely N-dealkylation sites (N-methyl/N-ethyl adjacent to an activating group) is 1. The predicted octanol–water partition coefficient (Wildman–Crippen LogP) is 3.51. The van der Waals surface area contributed by atoms with Crippen molar-refractivity contribution in [3.05, 3.63) is 40.8 Å². The normalized spacial score (nSPS) is 30.1. The molecule has 2 heterocycles. The second kappa shape index (κ2) is 4.67. The summed E-state index contributed by atoms with van der Waals surface area (Å²) < 4.78 is 7.52. The van der Waals surface area contributed by atoms with Crippen LogP contribution >= 0.6 is 6.42 Å². The van der Waals surface area contributed by atoms with Crippen LogP contribution in [0.15, 0.2) is 40.4 Å². The van der Waals surface area contributed by atoms with Crippen LogP contribution in [-0.4, -0.2) is 32.2 Å². The van der Waals surface area contributed by atoms with Crippen molar-refractivity contribution in [3.63, 3.8) is 0 Å². The molecule has 1 aromatic rings. The van der Waals surface area contributed by atoms with Gasteiger partial charge in [-0.2, -0.15) is 5.10 Å². The fourth-order valence-electron chi connectivity index (χ4n) is 3.30. The van der Waals surface area contributed by atoms with Gasteiger partial charge in [-0.05, 0) is 23.4 Å². The Bertz CT molecular complexity index is 711. The van der Waals surface area contributed by atoms with E-state index < -0.39 is 6.42 Å². The highest BCUT2D eigenvalue weighted by Gasteiger charge is 2.45. The van der Waals surface area contributed by atoms with E-state index in [1.54, 1.807) is 11.9 Å². The third kappa shape index (κ3) is 1.84. The molecule has 1 atom stereocenters. The fraction of sp³-hybridized carbons (Fsp3) is 0.400. The molecule has 3 rings (SSSR count). The van der Waals surface area contributed by atoms with E-state index in [4.69, 9.17) is 16.3 Å². The number of hydrogen-bond acceptors (Lipinski definition) is 4. The Morgan fingerprint density at radius 3 is 2.52 bits per heavy atom. The molecule has 0 amide bonds. The number of benzene rings is 1. The summed E-state index contributed by atoms with van der Waals surface area (Å²) in [6.07, 6.45) is -0.386. The number of hydrazone groups is 1. The fourth-order valence-corrected chi connectivity index (χ4v) is 5.66. The molecule has 0 saturated carbocycles. The monoisotopic (exact) mass is 321 g/mol. The zero-order chi connectivity index (χ0) is 15.4. The van der Waals surface area contributed by atoms with Crippen LogP contribution in [0.4, 0.5) is 5.69 Å². The molecule has 0 spiro atoms. The SMILES string of the molecule is CO[P@@]1(=S)/C(=C2/N(C)c3ccccc3C2(C)C)C=NN1C. The standard InChI is InChI=1S/C15H20N3OPS/c1-15(2)11-8-6-7-9-12(11)17(3)14(15)13-10-16-18(4)20(13,21)19-5/h6-10H,1-5H3/b14-13+/t20-/m1/s1. The number of allylic oxidation sites excluding steroid dienone is 2. The van der Waals surface area contributed by atoms with Crippen LogP contribution < -0.4 is 4.90 Å². The van der Waals surface area contributed by atoms with Crippen molar-refractivity contribution in [2.45, 2.75) is 19.3 Å². The van der Waals surface area contributed by atoms with E-state index in [9.17, 15) is 0 Å². The lowest BCUT2D eigenvalue weighted by molar-refractivity contribution is 0.412. The molecule has 0 fully saturated rings. The van der Waals surface area contributed by atoms with Gasteiger partial charge in [0.05, 0.1) is 11.5 Å². The summed E-state index contributed by atoms with van der Waals surface area (Å²) in [7, 11) is 5.67. The molecule has 0 bridgehead atoms. The zero-order valence-corrected chi connectivity index (χ0v) is 14.7. The molecular formula is C15H20N3OPS. The van der Waals surface area contributed by atoms with E-state index in [1.165, 1.54) is 16.9 Å². The Hall–Kier alpha value is -1.16. The first-order chi connectivity index (χ1) is 9.84. The lowest BCUT2D eigenvalue weighted by atomic mass is 9.84. The van der Waals surface area contributed by atoms with Crippen LogP contribution in [0.1, 0.15) is 19.4 Å². The first-order valence-corrected chi connectivity index (χ1v) is 9.54. The first-order valence-electron chi connectivity index (χ1n) is 6.86. The minimum Gasteiger partial charge on any atom is -0.346 e. The molecule has 6 heteroatoms. The summed E-state index contributed by atoms with van der Waals surface area (Å²) in [6.45, 7) is 4.47. The maximum Gasteiger partial charge on any atom is 0.204 e. The Kier molecular flexibility index (Phi) is 3.28. The van der Waals surface area contributed by atoms with Crippen molar-refractivity contribution in [3.8, 4) is 0 Å². The molecule has 21 heavy (non-hydrogen) atoms. The van der Waals surface area contributed by atoms with Gasteiger partial charge < -0.3 is 9.42 Å². The van der Waals surface area contributed by atoms with Gasteiger partial charge >= 0.3 is 0 Å². The van der Waals surface area contributed by atoms with Crippen molar-refractivity contribution >= 4 is 30.1 Å². The highest BCUT2D eigenvalue weighted by atomic mass is 32.4. The maximum atomic E-state index is 5.82. The molecule has 2 aliphatic rings. The molecule has 0 N–H and O–H groups in total. The van der Waals surface area contributed by atoms with Gasteiger partial charge in [0.25, 0.3) is 0 Å². The number of para-hydroxylation sites is 1. The summed E-state index contributed by atoms with van der Waals surface area (Å²) in [5.41, 5.74) is 3.63. The molecule has 4 nitrogen and oxygen atoms in total. The Balaban J connectivity index is 2.28.